The molecule has 0 radical (unpaired) electrons. The Morgan fingerprint density at radius 2 is 1.06 bits per heavy atom. The van der Waals surface area contributed by atoms with Crippen LogP contribution in [0.25, 0.3) is 28.1 Å². The van der Waals surface area contributed by atoms with Crippen LogP contribution in [0.1, 0.15) is 23.5 Å². The maximum Gasteiger partial charge on any atom is 0.145 e. The number of nitrogens with zero attached hydrogens (tertiary/aromatic N) is 5. The zero-order valence-electron chi connectivity index (χ0n) is 28.1. The molecular formula is C45H33IN6. The Balaban J connectivity index is 1.23. The predicted octanol–water partition coefficient (Wildman–Crippen LogP) is 12.0. The number of halogens is 1. The molecule has 2 aliphatic rings. The molecule has 2 atom stereocenters. The molecule has 0 aliphatic carbocycles. The lowest BCUT2D eigenvalue weighted by Gasteiger charge is -2.32. The topological polar surface area (TPSA) is 39.6 Å². The highest BCUT2D eigenvalue weighted by Gasteiger charge is 2.39. The summed E-state index contributed by atoms with van der Waals surface area (Å²) in [4.78, 5) is 10.2. The monoisotopic (exact) mass is 784 g/mol. The number of imidazole rings is 1. The summed E-state index contributed by atoms with van der Waals surface area (Å²) in [6.45, 7) is 0. The Morgan fingerprint density at radius 3 is 1.79 bits per heavy atom. The molecule has 10 rings (SSSR count). The summed E-state index contributed by atoms with van der Waals surface area (Å²) < 4.78 is 4.67. The van der Waals surface area contributed by atoms with E-state index in [0.29, 0.717) is 0 Å². The van der Waals surface area contributed by atoms with Crippen molar-refractivity contribution in [2.75, 3.05) is 18.2 Å². The lowest BCUT2D eigenvalue weighted by Crippen LogP contribution is -2.28. The summed E-state index contributed by atoms with van der Waals surface area (Å²) in [5.41, 5.74) is 13.3. The molecule has 7 heteroatoms. The van der Waals surface area contributed by atoms with Crippen molar-refractivity contribution in [3.8, 4) is 17.1 Å². The number of aromatic nitrogens is 2. The molecule has 0 saturated heterocycles. The maximum atomic E-state index is 5.35. The lowest BCUT2D eigenvalue weighted by molar-refractivity contribution is 0.780. The minimum Gasteiger partial charge on any atom is -0.359 e. The van der Waals surface area contributed by atoms with Crippen LogP contribution in [0.5, 0.6) is 0 Å². The molecule has 250 valence electrons. The molecule has 7 aromatic carbocycles. The average Bonchev–Trinajstić information content (AvgIpc) is 3.89. The van der Waals surface area contributed by atoms with Crippen LogP contribution in [0.2, 0.25) is 0 Å². The fraction of sp³-hybridized carbons (Fsp3) is 0.0444. The Kier molecular flexibility index (Phi) is 7.46. The molecule has 1 aromatic heterocycles. The van der Waals surface area contributed by atoms with Gasteiger partial charge in [-0.15, -0.1) is 0 Å². The number of hydrogen-bond acceptors (Lipinski definition) is 5. The molecule has 0 saturated carbocycles. The largest absolute Gasteiger partial charge is 0.359 e. The highest BCUT2D eigenvalue weighted by atomic mass is 127. The first kappa shape index (κ1) is 30.7. The second-order valence-corrected chi connectivity index (χ2v) is 14.2. The van der Waals surface area contributed by atoms with Crippen LogP contribution in [-0.2, 0) is 0 Å². The molecule has 2 unspecified atom stereocenters. The minimum absolute atomic E-state index is 0.123. The summed E-state index contributed by atoms with van der Waals surface area (Å²) in [6.07, 6.45) is -0.285. The fourth-order valence-electron chi connectivity index (χ4n) is 7.80. The fourth-order valence-corrected chi connectivity index (χ4v) is 8.78. The van der Waals surface area contributed by atoms with Crippen LogP contribution in [0.15, 0.2) is 182 Å². The Bertz CT molecular complexity index is 2550. The van der Waals surface area contributed by atoms with E-state index in [2.05, 4.69) is 228 Å². The summed E-state index contributed by atoms with van der Waals surface area (Å²) in [7, 11) is 0. The summed E-state index contributed by atoms with van der Waals surface area (Å²) >= 11 is 2.50. The first-order chi connectivity index (χ1) is 25.7. The Morgan fingerprint density at radius 1 is 0.500 bits per heavy atom. The van der Waals surface area contributed by atoms with Gasteiger partial charge < -0.3 is 15.1 Å². The second-order valence-electron chi connectivity index (χ2n) is 13.1. The van der Waals surface area contributed by atoms with Gasteiger partial charge in [0.25, 0.3) is 0 Å². The SMILES string of the molecule is IN1c2ccccc2N(c2ccccc2)C1c1cc(-c2nc3ccccc3n2-c2ccccc2)cc(C2Nc3ccccc3N2c2ccccc2)c1. The number of rotatable bonds is 6. The van der Waals surface area contributed by atoms with Crippen LogP contribution in [0.3, 0.4) is 0 Å². The number of nitrogens with one attached hydrogen (secondary N) is 1. The molecule has 2 aliphatic heterocycles. The van der Waals surface area contributed by atoms with Crippen molar-refractivity contribution in [1.29, 1.82) is 0 Å². The van der Waals surface area contributed by atoms with E-state index < -0.39 is 0 Å². The minimum atomic E-state index is -0.162. The van der Waals surface area contributed by atoms with E-state index in [9.17, 15) is 0 Å². The van der Waals surface area contributed by atoms with E-state index in [-0.39, 0.29) is 12.3 Å². The maximum absolute atomic E-state index is 5.35. The smallest absolute Gasteiger partial charge is 0.145 e. The molecule has 0 fully saturated rings. The van der Waals surface area contributed by atoms with Gasteiger partial charge in [0.2, 0.25) is 0 Å². The van der Waals surface area contributed by atoms with Crippen LogP contribution in [-0.4, -0.2) is 9.55 Å². The number of benzene rings is 7. The van der Waals surface area contributed by atoms with Crippen molar-refractivity contribution in [2.24, 2.45) is 0 Å². The average molecular weight is 785 g/mol. The third kappa shape index (κ3) is 5.03. The molecule has 0 bridgehead atoms. The van der Waals surface area contributed by atoms with Gasteiger partial charge in [0.05, 0.1) is 56.6 Å². The first-order valence-corrected chi connectivity index (χ1v) is 18.5. The van der Waals surface area contributed by atoms with Crippen LogP contribution < -0.4 is 18.2 Å². The van der Waals surface area contributed by atoms with E-state index in [0.717, 1.165) is 56.4 Å². The number of fused-ring (bicyclic) bond motifs is 3. The van der Waals surface area contributed by atoms with E-state index >= 15 is 0 Å². The second kappa shape index (κ2) is 12.6. The van der Waals surface area contributed by atoms with Gasteiger partial charge in [-0.25, -0.2) is 4.98 Å². The molecule has 0 amide bonds. The number of anilines is 6. The summed E-state index contributed by atoms with van der Waals surface area (Å²) in [5, 5.41) is 3.91. The summed E-state index contributed by atoms with van der Waals surface area (Å²) in [6, 6.07) is 64.7. The lowest BCUT2D eigenvalue weighted by atomic mass is 9.99. The highest BCUT2D eigenvalue weighted by Crippen LogP contribution is 2.53. The highest BCUT2D eigenvalue weighted by molar-refractivity contribution is 14.1. The molecule has 3 heterocycles. The van der Waals surface area contributed by atoms with Crippen LogP contribution in [0.4, 0.5) is 34.1 Å². The van der Waals surface area contributed by atoms with E-state index in [1.165, 1.54) is 16.9 Å². The Hall–Kier alpha value is -6.06. The summed E-state index contributed by atoms with van der Waals surface area (Å²) in [5.74, 6) is 0.902. The quantitative estimate of drug-likeness (QED) is 0.134. The predicted molar refractivity (Wildman–Crippen MR) is 222 cm³/mol. The van der Waals surface area contributed by atoms with Gasteiger partial charge in [0.1, 0.15) is 18.2 Å². The molecular weight excluding hydrogens is 751 g/mol. The molecule has 1 N–H and O–H groups in total. The molecule has 52 heavy (non-hydrogen) atoms. The normalized spacial score (nSPS) is 16.2. The van der Waals surface area contributed by atoms with E-state index in [1.807, 2.05) is 0 Å². The van der Waals surface area contributed by atoms with Gasteiger partial charge in [0, 0.05) is 22.6 Å². The van der Waals surface area contributed by atoms with Crippen molar-refractivity contribution in [1.82, 2.24) is 9.55 Å². The van der Waals surface area contributed by atoms with Gasteiger partial charge >= 0.3 is 0 Å². The van der Waals surface area contributed by atoms with Crippen LogP contribution >= 0.6 is 22.9 Å². The van der Waals surface area contributed by atoms with Crippen molar-refractivity contribution < 1.29 is 0 Å². The first-order valence-electron chi connectivity index (χ1n) is 17.5. The number of para-hydroxylation sites is 9. The van der Waals surface area contributed by atoms with E-state index in [1.54, 1.807) is 0 Å². The zero-order chi connectivity index (χ0) is 34.6. The van der Waals surface area contributed by atoms with Crippen LogP contribution in [0, 0.1) is 0 Å². The van der Waals surface area contributed by atoms with Gasteiger partial charge in [-0.2, -0.15) is 0 Å². The van der Waals surface area contributed by atoms with Gasteiger partial charge in [-0.1, -0.05) is 91.0 Å². The molecule has 8 aromatic rings. The van der Waals surface area contributed by atoms with Crippen molar-refractivity contribution in [3.05, 3.63) is 193 Å². The van der Waals surface area contributed by atoms with Crippen molar-refractivity contribution >= 4 is 68.0 Å². The molecule has 0 spiro atoms. The molecule has 6 nitrogen and oxygen atoms in total. The van der Waals surface area contributed by atoms with Crippen molar-refractivity contribution in [3.63, 3.8) is 0 Å². The third-order valence-electron chi connectivity index (χ3n) is 10.0. The standard InChI is InChI=1S/C45H33IN6/c46-52-42-27-15-14-26-41(42)51(36-20-8-3-9-21-36)45(52)33-29-31(43-47-37-22-10-12-24-39(37)49(43)34-16-4-1-5-17-34)28-32(30-33)44-48-38-23-11-13-25-40(38)50(44)35-18-6-2-7-19-35/h1-30,43,45,47H. The van der Waals surface area contributed by atoms with Gasteiger partial charge in [-0.3, -0.25) is 7.68 Å². The van der Waals surface area contributed by atoms with Crippen molar-refractivity contribution in [2.45, 2.75) is 12.3 Å². The van der Waals surface area contributed by atoms with Gasteiger partial charge in [0.15, 0.2) is 0 Å². The van der Waals surface area contributed by atoms with Gasteiger partial charge in [-0.05, 0) is 102 Å². The third-order valence-corrected chi connectivity index (χ3v) is 11.1. The zero-order valence-corrected chi connectivity index (χ0v) is 30.2. The van der Waals surface area contributed by atoms with E-state index in [4.69, 9.17) is 4.98 Å². The Labute approximate surface area is 316 Å². The number of hydrogen-bond donors (Lipinski definition) is 1.